The lowest BCUT2D eigenvalue weighted by Crippen LogP contribution is -2.32. The number of nitrogens with zero attached hydrogens (tertiary/aromatic N) is 3. The van der Waals surface area contributed by atoms with Crippen molar-refractivity contribution < 1.29 is 9.21 Å². The van der Waals surface area contributed by atoms with Gasteiger partial charge in [0.25, 0.3) is 5.91 Å². The molecule has 0 spiro atoms. The first-order chi connectivity index (χ1) is 8.19. The molecule has 1 rings (SSSR count). The van der Waals surface area contributed by atoms with E-state index in [1.54, 1.807) is 0 Å². The molecule has 5 nitrogen and oxygen atoms in total. The summed E-state index contributed by atoms with van der Waals surface area (Å²) < 4.78 is 4.99. The molecule has 0 radical (unpaired) electrons. The van der Waals surface area contributed by atoms with E-state index in [1.807, 2.05) is 12.1 Å². The Balaban J connectivity index is 2.72. The molecule has 0 aliphatic rings. The van der Waals surface area contributed by atoms with Crippen LogP contribution in [-0.4, -0.2) is 23.9 Å². The number of carbonyl (C=O) groups excluding carboxylic acids is 1. The zero-order chi connectivity index (χ0) is 12.7. The first kappa shape index (κ1) is 13.1. The second-order valence-corrected chi connectivity index (χ2v) is 3.58. The third-order valence-corrected chi connectivity index (χ3v) is 2.26. The largest absolute Gasteiger partial charge is 0.440 e. The van der Waals surface area contributed by atoms with Crippen LogP contribution in [0.1, 0.15) is 23.4 Å². The van der Waals surface area contributed by atoms with Gasteiger partial charge in [-0.05, 0) is 23.7 Å². The third-order valence-electron chi connectivity index (χ3n) is 2.06. The number of hydrogen-bond donors (Lipinski definition) is 0. The molecular weight excluding hydrogens is 242 g/mol. The van der Waals surface area contributed by atoms with Gasteiger partial charge >= 0.3 is 0 Å². The quantitative estimate of drug-likeness (QED) is 0.803. The molecule has 0 unspecified atom stereocenters. The summed E-state index contributed by atoms with van der Waals surface area (Å²) in [4.78, 5) is 13.3. The number of rotatable bonds is 5. The molecule has 88 valence electrons. The highest BCUT2D eigenvalue weighted by molar-refractivity contribution is 6.29. The maximum atomic E-state index is 11.9. The van der Waals surface area contributed by atoms with E-state index in [2.05, 4.69) is 0 Å². The highest BCUT2D eigenvalue weighted by atomic mass is 35.5. The number of halogens is 1. The average molecular weight is 252 g/mol. The number of carbonyl (C=O) groups is 1. The molecular formula is C11H10ClN3O2. The van der Waals surface area contributed by atoms with Crippen LogP contribution in [0, 0.1) is 22.7 Å². The fourth-order valence-corrected chi connectivity index (χ4v) is 1.42. The van der Waals surface area contributed by atoms with Crippen molar-refractivity contribution in [1.82, 2.24) is 4.90 Å². The van der Waals surface area contributed by atoms with Gasteiger partial charge in [-0.3, -0.25) is 4.79 Å². The Kier molecular flexibility index (Phi) is 5.06. The van der Waals surface area contributed by atoms with Gasteiger partial charge in [-0.15, -0.1) is 0 Å². The summed E-state index contributed by atoms with van der Waals surface area (Å²) >= 11 is 5.58. The minimum Gasteiger partial charge on any atom is -0.440 e. The average Bonchev–Trinajstić information content (AvgIpc) is 2.75. The van der Waals surface area contributed by atoms with Crippen molar-refractivity contribution in [3.8, 4) is 12.1 Å². The minimum absolute atomic E-state index is 0.117. The van der Waals surface area contributed by atoms with Crippen LogP contribution in [0.4, 0.5) is 0 Å². The molecule has 1 amide bonds. The second-order valence-electron chi connectivity index (χ2n) is 3.21. The summed E-state index contributed by atoms with van der Waals surface area (Å²) in [7, 11) is 0. The molecule has 0 atom stereocenters. The van der Waals surface area contributed by atoms with Gasteiger partial charge < -0.3 is 9.32 Å². The Morgan fingerprint density at radius 2 is 1.88 bits per heavy atom. The highest BCUT2D eigenvalue weighted by Gasteiger charge is 2.18. The van der Waals surface area contributed by atoms with Gasteiger partial charge in [0.1, 0.15) is 0 Å². The molecule has 0 bridgehead atoms. The van der Waals surface area contributed by atoms with Crippen LogP contribution in [-0.2, 0) is 0 Å². The van der Waals surface area contributed by atoms with Gasteiger partial charge in [-0.2, -0.15) is 10.5 Å². The SMILES string of the molecule is N#CCCN(CCC#N)C(=O)c1ccc(Cl)o1. The van der Waals surface area contributed by atoms with Crippen molar-refractivity contribution in [3.63, 3.8) is 0 Å². The van der Waals surface area contributed by atoms with E-state index in [-0.39, 0.29) is 42.8 Å². The lowest BCUT2D eigenvalue weighted by Gasteiger charge is -2.18. The van der Waals surface area contributed by atoms with E-state index in [4.69, 9.17) is 26.5 Å². The lowest BCUT2D eigenvalue weighted by atomic mass is 10.3. The summed E-state index contributed by atoms with van der Waals surface area (Å²) in [5.74, 6) is -0.242. The van der Waals surface area contributed by atoms with Gasteiger partial charge in [0.15, 0.2) is 11.0 Å². The predicted molar refractivity (Wildman–Crippen MR) is 60.1 cm³/mol. The van der Waals surface area contributed by atoms with Gasteiger partial charge in [-0.25, -0.2) is 0 Å². The molecule has 17 heavy (non-hydrogen) atoms. The zero-order valence-corrected chi connectivity index (χ0v) is 9.78. The Hall–Kier alpha value is -1.98. The fourth-order valence-electron chi connectivity index (χ4n) is 1.27. The Morgan fingerprint density at radius 3 is 2.29 bits per heavy atom. The first-order valence-electron chi connectivity index (χ1n) is 4.97. The minimum atomic E-state index is -0.359. The molecule has 0 aromatic carbocycles. The number of amides is 1. The van der Waals surface area contributed by atoms with E-state index in [0.29, 0.717) is 0 Å². The predicted octanol–water partition coefficient (Wildman–Crippen LogP) is 2.20. The van der Waals surface area contributed by atoms with Crippen LogP contribution in [0.15, 0.2) is 16.5 Å². The maximum absolute atomic E-state index is 11.9. The number of hydrogen-bond acceptors (Lipinski definition) is 4. The fraction of sp³-hybridized carbons (Fsp3) is 0.364. The van der Waals surface area contributed by atoms with E-state index in [1.165, 1.54) is 17.0 Å². The summed E-state index contributed by atoms with van der Waals surface area (Å²) in [6, 6.07) is 6.85. The summed E-state index contributed by atoms with van der Waals surface area (Å²) in [6.07, 6.45) is 0.428. The summed E-state index contributed by atoms with van der Waals surface area (Å²) in [6.45, 7) is 0.546. The molecule has 0 fully saturated rings. The van der Waals surface area contributed by atoms with Gasteiger partial charge in [-0.1, -0.05) is 0 Å². The van der Waals surface area contributed by atoms with Crippen molar-refractivity contribution in [1.29, 1.82) is 10.5 Å². The maximum Gasteiger partial charge on any atom is 0.289 e. The van der Waals surface area contributed by atoms with Gasteiger partial charge in [0, 0.05) is 13.1 Å². The second kappa shape index (κ2) is 6.57. The summed E-state index contributed by atoms with van der Waals surface area (Å²) in [5, 5.41) is 17.1. The smallest absolute Gasteiger partial charge is 0.289 e. The monoisotopic (exact) mass is 251 g/mol. The van der Waals surface area contributed by atoms with Crippen LogP contribution in [0.25, 0.3) is 0 Å². The number of nitriles is 2. The van der Waals surface area contributed by atoms with Crippen molar-refractivity contribution >= 4 is 17.5 Å². The van der Waals surface area contributed by atoms with Crippen LogP contribution < -0.4 is 0 Å². The van der Waals surface area contributed by atoms with E-state index in [9.17, 15) is 4.79 Å². The molecule has 1 aromatic heterocycles. The Bertz CT molecular complexity index is 452. The molecule has 1 heterocycles. The van der Waals surface area contributed by atoms with Gasteiger partial charge in [0.05, 0.1) is 25.0 Å². The van der Waals surface area contributed by atoms with Crippen LogP contribution in [0.2, 0.25) is 5.22 Å². The standard InChI is InChI=1S/C11H10ClN3O2/c12-10-4-3-9(17-10)11(16)15(7-1-5-13)8-2-6-14/h3-4H,1-2,7-8H2. The van der Waals surface area contributed by atoms with Crippen molar-refractivity contribution in [2.45, 2.75) is 12.8 Å². The van der Waals surface area contributed by atoms with Gasteiger partial charge in [0.2, 0.25) is 0 Å². The van der Waals surface area contributed by atoms with Crippen molar-refractivity contribution in [2.24, 2.45) is 0 Å². The molecule has 0 saturated heterocycles. The normalized spacial score (nSPS) is 9.35. The lowest BCUT2D eigenvalue weighted by molar-refractivity contribution is 0.0730. The topological polar surface area (TPSA) is 81.0 Å². The van der Waals surface area contributed by atoms with Crippen molar-refractivity contribution in [3.05, 3.63) is 23.1 Å². The molecule has 0 saturated carbocycles. The zero-order valence-electron chi connectivity index (χ0n) is 9.02. The molecule has 6 heteroatoms. The van der Waals surface area contributed by atoms with Crippen molar-refractivity contribution in [2.75, 3.05) is 13.1 Å². The third kappa shape index (κ3) is 3.82. The van der Waals surface area contributed by atoms with Crippen LogP contribution in [0.5, 0.6) is 0 Å². The molecule has 0 N–H and O–H groups in total. The van der Waals surface area contributed by atoms with E-state index in [0.717, 1.165) is 0 Å². The number of furan rings is 1. The van der Waals surface area contributed by atoms with E-state index < -0.39 is 0 Å². The van der Waals surface area contributed by atoms with E-state index >= 15 is 0 Å². The highest BCUT2D eigenvalue weighted by Crippen LogP contribution is 2.15. The molecule has 1 aromatic rings. The van der Waals surface area contributed by atoms with Crippen LogP contribution >= 0.6 is 11.6 Å². The Labute approximate surface area is 104 Å². The molecule has 0 aliphatic heterocycles. The van der Waals surface area contributed by atoms with Crippen LogP contribution in [0.3, 0.4) is 0 Å². The Morgan fingerprint density at radius 1 is 1.29 bits per heavy atom. The first-order valence-corrected chi connectivity index (χ1v) is 5.35. The molecule has 0 aliphatic carbocycles. The summed E-state index contributed by atoms with van der Waals surface area (Å²) in [5.41, 5.74) is 0.